The summed E-state index contributed by atoms with van der Waals surface area (Å²) in [6.07, 6.45) is 4.97. The van der Waals surface area contributed by atoms with Crippen LogP contribution >= 0.6 is 10.7 Å². The number of hydrogen-bond donors (Lipinski definition) is 0. The number of carbonyl (C=O) groups excluding carboxylic acids is 1. The highest BCUT2D eigenvalue weighted by Gasteiger charge is 2.23. The Morgan fingerprint density at radius 1 is 1.20 bits per heavy atom. The minimum atomic E-state index is -3.96. The molecule has 5 nitrogen and oxygen atoms in total. The van der Waals surface area contributed by atoms with E-state index in [2.05, 4.69) is 11.1 Å². The van der Waals surface area contributed by atoms with E-state index < -0.39 is 14.7 Å². The second kappa shape index (κ2) is 9.58. The van der Waals surface area contributed by atoms with E-state index in [0.29, 0.717) is 13.0 Å². The van der Waals surface area contributed by atoms with E-state index in [4.69, 9.17) is 15.4 Å². The van der Waals surface area contributed by atoms with Crippen molar-refractivity contribution < 1.29 is 22.1 Å². The quantitative estimate of drug-likeness (QED) is 0.330. The summed E-state index contributed by atoms with van der Waals surface area (Å²) in [5.41, 5.74) is -0.455. The van der Waals surface area contributed by atoms with E-state index in [1.165, 1.54) is 0 Å². The smallest absolute Gasteiger partial charge is 0.355 e. The highest BCUT2D eigenvalue weighted by Crippen LogP contribution is 2.24. The highest BCUT2D eigenvalue weighted by molar-refractivity contribution is 8.09. The summed E-state index contributed by atoms with van der Waals surface area (Å²) >= 11 is 0. The van der Waals surface area contributed by atoms with E-state index in [0.717, 1.165) is 25.7 Å². The molecular weight excluding hydrogens is 304 g/mol. The van der Waals surface area contributed by atoms with Crippen molar-refractivity contribution in [1.29, 1.82) is 0 Å². The lowest BCUT2D eigenvalue weighted by Gasteiger charge is -2.22. The topological polar surface area (TPSA) is 69.7 Å². The molecule has 7 heteroatoms. The lowest BCUT2D eigenvalue weighted by atomic mass is 9.89. The largest absolute Gasteiger partial charge is 0.466 e. The molecule has 0 spiro atoms. The van der Waals surface area contributed by atoms with Gasteiger partial charge in [-0.15, -0.1) is 0 Å². The molecule has 0 rings (SSSR count). The lowest BCUT2D eigenvalue weighted by molar-refractivity contribution is -0.144. The predicted octanol–water partition coefficient (Wildman–Crippen LogP) is 3.42. The number of halogens is 1. The number of esters is 1. The normalized spacial score (nSPS) is 12.4. The molecule has 0 unspecified atom stereocenters. The van der Waals surface area contributed by atoms with Crippen LogP contribution in [0.3, 0.4) is 0 Å². The first-order valence-electron chi connectivity index (χ1n) is 6.91. The van der Waals surface area contributed by atoms with Gasteiger partial charge in [-0.05, 0) is 18.3 Å². The number of ether oxygens (including phenoxy) is 1. The third kappa shape index (κ3) is 12.7. The molecule has 0 saturated carbocycles. The van der Waals surface area contributed by atoms with Gasteiger partial charge in [-0.25, -0.2) is 0 Å². The van der Waals surface area contributed by atoms with Crippen molar-refractivity contribution >= 4 is 26.0 Å². The maximum atomic E-state index is 11.5. The van der Waals surface area contributed by atoms with E-state index in [9.17, 15) is 13.2 Å². The molecule has 0 N–H and O–H groups in total. The second-order valence-corrected chi connectivity index (χ2v) is 7.76. The molecule has 0 saturated heterocycles. The van der Waals surface area contributed by atoms with E-state index >= 15 is 0 Å². The van der Waals surface area contributed by atoms with Crippen molar-refractivity contribution in [1.82, 2.24) is 0 Å². The van der Waals surface area contributed by atoms with Gasteiger partial charge in [-0.2, -0.15) is 8.42 Å². The first-order valence-corrected chi connectivity index (χ1v) is 9.14. The van der Waals surface area contributed by atoms with Crippen molar-refractivity contribution in [3.63, 3.8) is 0 Å². The van der Waals surface area contributed by atoms with Crippen molar-refractivity contribution in [2.45, 2.75) is 59.3 Å². The Hall–Kier alpha value is -0.330. The molecule has 0 aliphatic heterocycles. The Morgan fingerprint density at radius 2 is 1.85 bits per heavy atom. The number of unbranched alkanes of at least 4 members (excludes halogenated alkanes) is 3. The summed E-state index contributed by atoms with van der Waals surface area (Å²) in [4.78, 5) is 11.5. The molecule has 0 aliphatic rings. The van der Waals surface area contributed by atoms with Gasteiger partial charge in [0, 0.05) is 17.1 Å². The third-order valence-electron chi connectivity index (χ3n) is 2.86. The van der Waals surface area contributed by atoms with Crippen LogP contribution in [0.1, 0.15) is 59.3 Å². The molecule has 0 aromatic carbocycles. The van der Waals surface area contributed by atoms with Crippen molar-refractivity contribution in [3.8, 4) is 0 Å². The molecule has 0 aliphatic carbocycles. The molecule has 0 atom stereocenters. The van der Waals surface area contributed by atoms with Gasteiger partial charge < -0.3 is 4.74 Å². The van der Waals surface area contributed by atoms with Gasteiger partial charge in [-0.1, -0.05) is 40.0 Å². The average Bonchev–Trinajstić information content (AvgIpc) is 2.33. The molecule has 0 radical (unpaired) electrons. The average molecular weight is 329 g/mol. The maximum absolute atomic E-state index is 11.5. The molecule has 0 bridgehead atoms. The van der Waals surface area contributed by atoms with Gasteiger partial charge in [0.25, 0.3) is 0 Å². The molecule has 120 valence electrons. The zero-order valence-electron chi connectivity index (χ0n) is 12.5. The molecule has 0 aromatic heterocycles. The summed E-state index contributed by atoms with van der Waals surface area (Å²) < 4.78 is 31.0. The highest BCUT2D eigenvalue weighted by atomic mass is 35.7. The van der Waals surface area contributed by atoms with Crippen molar-refractivity contribution in [2.24, 2.45) is 5.41 Å². The zero-order chi connectivity index (χ0) is 15.6. The Kier molecular flexibility index (Phi) is 9.42. The lowest BCUT2D eigenvalue weighted by Crippen LogP contribution is -2.22. The second-order valence-electron chi connectivity index (χ2n) is 5.60. The van der Waals surface area contributed by atoms with Gasteiger partial charge >= 0.3 is 15.3 Å². The number of carbonyl (C=O) groups is 1. The van der Waals surface area contributed by atoms with Crippen LogP contribution in [0.2, 0.25) is 0 Å². The van der Waals surface area contributed by atoms with Gasteiger partial charge in [0.1, 0.15) is 0 Å². The number of hydrogen-bond acceptors (Lipinski definition) is 5. The molecule has 0 amide bonds. The van der Waals surface area contributed by atoms with Crippen LogP contribution in [-0.4, -0.2) is 27.6 Å². The SMILES string of the molecule is CCCCCCOC(=O)CCC(C)(C)COS(=O)(=O)Cl. The first-order chi connectivity index (χ1) is 9.16. The summed E-state index contributed by atoms with van der Waals surface area (Å²) in [6, 6.07) is 0. The Bertz CT molecular complexity index is 378. The summed E-state index contributed by atoms with van der Waals surface area (Å²) in [5.74, 6) is -0.261. The molecule has 0 aromatic rings. The van der Waals surface area contributed by atoms with E-state index in [-0.39, 0.29) is 19.0 Å². The van der Waals surface area contributed by atoms with Crippen LogP contribution < -0.4 is 0 Å². The fraction of sp³-hybridized carbons (Fsp3) is 0.923. The van der Waals surface area contributed by atoms with Gasteiger partial charge in [0.15, 0.2) is 0 Å². The third-order valence-corrected chi connectivity index (χ3v) is 3.52. The van der Waals surface area contributed by atoms with E-state index in [1.807, 2.05) is 13.8 Å². The zero-order valence-corrected chi connectivity index (χ0v) is 14.1. The van der Waals surface area contributed by atoms with Gasteiger partial charge in [0.05, 0.1) is 13.2 Å². The fourth-order valence-corrected chi connectivity index (χ4v) is 2.12. The number of rotatable bonds is 11. The molecule has 20 heavy (non-hydrogen) atoms. The van der Waals surface area contributed by atoms with Gasteiger partial charge in [-0.3, -0.25) is 8.98 Å². The fourth-order valence-electron chi connectivity index (χ4n) is 1.53. The maximum Gasteiger partial charge on any atom is 0.355 e. The van der Waals surface area contributed by atoms with Crippen LogP contribution in [0.5, 0.6) is 0 Å². The Labute approximate surface area is 126 Å². The van der Waals surface area contributed by atoms with Crippen molar-refractivity contribution in [2.75, 3.05) is 13.2 Å². The Morgan fingerprint density at radius 3 is 2.40 bits per heavy atom. The van der Waals surface area contributed by atoms with Crippen LogP contribution in [0.15, 0.2) is 0 Å². The standard InChI is InChI=1S/C13H25ClO5S/c1-4-5-6-7-10-18-12(15)8-9-13(2,3)11-19-20(14,16)17/h4-11H2,1-3H3. The van der Waals surface area contributed by atoms with Crippen LogP contribution in [0, 0.1) is 5.41 Å². The summed E-state index contributed by atoms with van der Waals surface area (Å²) in [6.45, 7) is 6.14. The van der Waals surface area contributed by atoms with Gasteiger partial charge in [0.2, 0.25) is 0 Å². The summed E-state index contributed by atoms with van der Waals surface area (Å²) in [5, 5.41) is 0. The minimum Gasteiger partial charge on any atom is -0.466 e. The van der Waals surface area contributed by atoms with Crippen LogP contribution in [-0.2, 0) is 23.0 Å². The van der Waals surface area contributed by atoms with Crippen LogP contribution in [0.4, 0.5) is 0 Å². The summed E-state index contributed by atoms with van der Waals surface area (Å²) in [7, 11) is 1.01. The van der Waals surface area contributed by atoms with Crippen LogP contribution in [0.25, 0.3) is 0 Å². The van der Waals surface area contributed by atoms with Crippen molar-refractivity contribution in [3.05, 3.63) is 0 Å². The first kappa shape index (κ1) is 19.7. The Balaban J connectivity index is 3.81. The molecular formula is C13H25ClO5S. The van der Waals surface area contributed by atoms with E-state index in [1.54, 1.807) is 0 Å². The monoisotopic (exact) mass is 328 g/mol. The molecule has 0 fully saturated rings. The minimum absolute atomic E-state index is 0.0530. The molecule has 0 heterocycles. The predicted molar refractivity (Wildman–Crippen MR) is 78.8 cm³/mol.